The van der Waals surface area contributed by atoms with Crippen LogP contribution in [0, 0.1) is 0 Å². The number of urea groups is 1. The molecular weight excluding hydrogens is 296 g/mol. The van der Waals surface area contributed by atoms with Crippen molar-refractivity contribution < 1.29 is 19.4 Å². The molecule has 1 fully saturated rings. The van der Waals surface area contributed by atoms with Crippen LogP contribution in [0.4, 0.5) is 10.5 Å². The Hall–Kier alpha value is -1.79. The Morgan fingerprint density at radius 1 is 1.48 bits per heavy atom. The van der Waals surface area contributed by atoms with Crippen molar-refractivity contribution in [2.24, 2.45) is 0 Å². The van der Waals surface area contributed by atoms with Crippen LogP contribution < -0.4 is 10.6 Å². The van der Waals surface area contributed by atoms with Crippen LogP contribution >= 0.6 is 11.6 Å². The molecule has 1 aromatic carbocycles. The molecule has 0 aliphatic carbocycles. The van der Waals surface area contributed by atoms with E-state index in [-0.39, 0.29) is 28.8 Å². The second-order valence-corrected chi connectivity index (χ2v) is 5.35. The van der Waals surface area contributed by atoms with Gasteiger partial charge in [0.1, 0.15) is 0 Å². The van der Waals surface area contributed by atoms with E-state index in [4.69, 9.17) is 21.4 Å². The van der Waals surface area contributed by atoms with Crippen molar-refractivity contribution in [2.45, 2.75) is 31.9 Å². The highest BCUT2D eigenvalue weighted by atomic mass is 35.5. The van der Waals surface area contributed by atoms with Crippen molar-refractivity contribution in [3.05, 3.63) is 28.8 Å². The molecule has 6 nitrogen and oxygen atoms in total. The summed E-state index contributed by atoms with van der Waals surface area (Å²) in [7, 11) is 0. The Labute approximate surface area is 127 Å². The van der Waals surface area contributed by atoms with Gasteiger partial charge in [0.05, 0.1) is 22.7 Å². The van der Waals surface area contributed by atoms with Crippen molar-refractivity contribution in [3.63, 3.8) is 0 Å². The van der Waals surface area contributed by atoms with Gasteiger partial charge in [-0.25, -0.2) is 9.59 Å². The second kappa shape index (κ2) is 6.78. The highest BCUT2D eigenvalue weighted by molar-refractivity contribution is 6.33. The first-order chi connectivity index (χ1) is 9.97. The van der Waals surface area contributed by atoms with Crippen LogP contribution in [0.25, 0.3) is 0 Å². The highest BCUT2D eigenvalue weighted by Gasteiger charge is 2.23. The zero-order valence-electron chi connectivity index (χ0n) is 11.6. The van der Waals surface area contributed by atoms with E-state index in [1.165, 1.54) is 18.2 Å². The topological polar surface area (TPSA) is 87.7 Å². The number of aromatic carboxylic acids is 1. The molecule has 0 radical (unpaired) electrons. The minimum atomic E-state index is -1.11. The predicted molar refractivity (Wildman–Crippen MR) is 79.0 cm³/mol. The standard InChI is InChI=1S/C14H17ClN2O4/c1-8(12-3-2-6-21-12)16-14(20)17-9-4-5-10(13(18)19)11(15)7-9/h4-5,7-8,12H,2-3,6H2,1H3,(H,18,19)(H2,16,17,20). The first-order valence-electron chi connectivity index (χ1n) is 6.69. The number of nitrogens with one attached hydrogen (secondary N) is 2. The fourth-order valence-corrected chi connectivity index (χ4v) is 2.49. The SMILES string of the molecule is CC(NC(=O)Nc1ccc(C(=O)O)c(Cl)c1)C1CCCO1. The summed E-state index contributed by atoms with van der Waals surface area (Å²) in [5.41, 5.74) is 0.428. The first kappa shape index (κ1) is 15.6. The fourth-order valence-electron chi connectivity index (χ4n) is 2.23. The van der Waals surface area contributed by atoms with Crippen molar-refractivity contribution in [3.8, 4) is 0 Å². The minimum Gasteiger partial charge on any atom is -0.478 e. The Morgan fingerprint density at radius 3 is 2.81 bits per heavy atom. The molecule has 1 aliphatic rings. The monoisotopic (exact) mass is 312 g/mol. The maximum Gasteiger partial charge on any atom is 0.337 e. The molecule has 1 aromatic rings. The van der Waals surface area contributed by atoms with Gasteiger partial charge in [-0.1, -0.05) is 11.6 Å². The van der Waals surface area contributed by atoms with E-state index in [0.29, 0.717) is 5.69 Å². The number of amides is 2. The van der Waals surface area contributed by atoms with Crippen molar-refractivity contribution in [1.82, 2.24) is 5.32 Å². The summed E-state index contributed by atoms with van der Waals surface area (Å²) >= 11 is 5.84. The summed E-state index contributed by atoms with van der Waals surface area (Å²) in [6.45, 7) is 2.61. The molecule has 0 aromatic heterocycles. The average Bonchev–Trinajstić information content (AvgIpc) is 2.91. The summed E-state index contributed by atoms with van der Waals surface area (Å²) in [5.74, 6) is -1.11. The van der Waals surface area contributed by atoms with E-state index in [2.05, 4.69) is 10.6 Å². The smallest absolute Gasteiger partial charge is 0.337 e. The number of carbonyl (C=O) groups is 2. The van der Waals surface area contributed by atoms with E-state index >= 15 is 0 Å². The number of carbonyl (C=O) groups excluding carboxylic acids is 1. The number of carboxylic acid groups (broad SMARTS) is 1. The Morgan fingerprint density at radius 2 is 2.24 bits per heavy atom. The lowest BCUT2D eigenvalue weighted by atomic mass is 10.1. The largest absolute Gasteiger partial charge is 0.478 e. The number of ether oxygens (including phenoxy) is 1. The molecule has 0 saturated carbocycles. The molecule has 2 rings (SSSR count). The average molecular weight is 313 g/mol. The van der Waals surface area contributed by atoms with Gasteiger partial charge in [0, 0.05) is 12.3 Å². The third-order valence-electron chi connectivity index (χ3n) is 3.34. The number of hydrogen-bond acceptors (Lipinski definition) is 3. The number of anilines is 1. The van der Waals surface area contributed by atoms with Crippen LogP contribution in [0.15, 0.2) is 18.2 Å². The molecule has 7 heteroatoms. The van der Waals surface area contributed by atoms with Crippen LogP contribution in [0.3, 0.4) is 0 Å². The third kappa shape index (κ3) is 4.09. The highest BCUT2D eigenvalue weighted by Crippen LogP contribution is 2.21. The molecule has 2 atom stereocenters. The molecule has 2 amide bonds. The first-order valence-corrected chi connectivity index (χ1v) is 7.07. The molecule has 21 heavy (non-hydrogen) atoms. The molecule has 0 spiro atoms. The summed E-state index contributed by atoms with van der Waals surface area (Å²) < 4.78 is 5.50. The number of rotatable bonds is 4. The second-order valence-electron chi connectivity index (χ2n) is 4.94. The molecule has 1 aliphatic heterocycles. The number of hydrogen-bond donors (Lipinski definition) is 3. The molecule has 114 valence electrons. The van der Waals surface area contributed by atoms with Gasteiger partial charge in [-0.2, -0.15) is 0 Å². The molecule has 0 bridgehead atoms. The van der Waals surface area contributed by atoms with Gasteiger partial charge in [-0.3, -0.25) is 0 Å². The maximum atomic E-state index is 11.9. The summed E-state index contributed by atoms with van der Waals surface area (Å²) in [6.07, 6.45) is 1.97. The summed E-state index contributed by atoms with van der Waals surface area (Å²) in [6, 6.07) is 3.77. The van der Waals surface area contributed by atoms with Crippen LogP contribution in [0.2, 0.25) is 5.02 Å². The van der Waals surface area contributed by atoms with Gasteiger partial charge in [0.25, 0.3) is 0 Å². The normalized spacial score (nSPS) is 19.0. The molecular formula is C14H17ClN2O4. The van der Waals surface area contributed by atoms with Gasteiger partial charge in [-0.15, -0.1) is 0 Å². The third-order valence-corrected chi connectivity index (χ3v) is 3.65. The quantitative estimate of drug-likeness (QED) is 0.797. The van der Waals surface area contributed by atoms with Crippen molar-refractivity contribution in [2.75, 3.05) is 11.9 Å². The Bertz CT molecular complexity index is 544. The lowest BCUT2D eigenvalue weighted by Gasteiger charge is -2.20. The maximum absolute atomic E-state index is 11.9. The summed E-state index contributed by atoms with van der Waals surface area (Å²) in [5, 5.41) is 14.4. The van der Waals surface area contributed by atoms with E-state index in [1.807, 2.05) is 6.92 Å². The van der Waals surface area contributed by atoms with E-state index in [0.717, 1.165) is 19.4 Å². The van der Waals surface area contributed by atoms with E-state index < -0.39 is 5.97 Å². The van der Waals surface area contributed by atoms with Crippen LogP contribution in [-0.4, -0.2) is 35.9 Å². The zero-order valence-corrected chi connectivity index (χ0v) is 12.3. The van der Waals surface area contributed by atoms with Gasteiger partial charge < -0.3 is 20.5 Å². The number of halogens is 1. The lowest BCUT2D eigenvalue weighted by molar-refractivity contribution is 0.0697. The van der Waals surface area contributed by atoms with E-state index in [1.54, 1.807) is 0 Å². The predicted octanol–water partition coefficient (Wildman–Crippen LogP) is 2.73. The lowest BCUT2D eigenvalue weighted by Crippen LogP contribution is -2.42. The zero-order chi connectivity index (χ0) is 15.4. The van der Waals surface area contributed by atoms with Crippen LogP contribution in [0.5, 0.6) is 0 Å². The van der Waals surface area contributed by atoms with Gasteiger partial charge in [0.15, 0.2) is 0 Å². The summed E-state index contributed by atoms with van der Waals surface area (Å²) in [4.78, 5) is 22.7. The molecule has 2 unspecified atom stereocenters. The minimum absolute atomic E-state index is 0.00431. The van der Waals surface area contributed by atoms with Crippen molar-refractivity contribution >= 4 is 29.3 Å². The Balaban J connectivity index is 1.93. The van der Waals surface area contributed by atoms with E-state index in [9.17, 15) is 9.59 Å². The van der Waals surface area contributed by atoms with Crippen LogP contribution in [-0.2, 0) is 4.74 Å². The number of carboxylic acids is 1. The molecule has 1 saturated heterocycles. The Kier molecular flexibility index (Phi) is 5.03. The fraction of sp³-hybridized carbons (Fsp3) is 0.429. The molecule has 3 N–H and O–H groups in total. The number of benzene rings is 1. The van der Waals surface area contributed by atoms with Crippen molar-refractivity contribution in [1.29, 1.82) is 0 Å². The van der Waals surface area contributed by atoms with Gasteiger partial charge in [0.2, 0.25) is 0 Å². The van der Waals surface area contributed by atoms with Crippen LogP contribution in [0.1, 0.15) is 30.1 Å². The molecule has 1 heterocycles. The van der Waals surface area contributed by atoms with Gasteiger partial charge >= 0.3 is 12.0 Å². The van der Waals surface area contributed by atoms with Gasteiger partial charge in [-0.05, 0) is 38.0 Å².